The molecule has 0 spiro atoms. The van der Waals surface area contributed by atoms with Crippen molar-refractivity contribution < 1.29 is 18.7 Å². The summed E-state index contributed by atoms with van der Waals surface area (Å²) in [6.07, 6.45) is 0. The van der Waals surface area contributed by atoms with E-state index < -0.39 is 11.9 Å². The maximum atomic E-state index is 13.2. The minimum absolute atomic E-state index is 0.0391. The van der Waals surface area contributed by atoms with Crippen molar-refractivity contribution in [1.29, 1.82) is 0 Å². The van der Waals surface area contributed by atoms with E-state index in [2.05, 4.69) is 9.97 Å². The molecule has 2 heterocycles. The van der Waals surface area contributed by atoms with Crippen LogP contribution in [0.15, 0.2) is 48.5 Å². The molecule has 2 aromatic carbocycles. The zero-order chi connectivity index (χ0) is 20.4. The average Bonchev–Trinajstić information content (AvgIpc) is 3.18. The van der Waals surface area contributed by atoms with E-state index in [1.165, 1.54) is 31.4 Å². The van der Waals surface area contributed by atoms with Crippen LogP contribution in [0.25, 0.3) is 11.0 Å². The van der Waals surface area contributed by atoms with E-state index in [-0.39, 0.29) is 25.0 Å². The molecular weight excluding hydrogens is 375 g/mol. The zero-order valence-corrected chi connectivity index (χ0v) is 16.0. The summed E-state index contributed by atoms with van der Waals surface area (Å²) in [6.45, 7) is 0.980. The van der Waals surface area contributed by atoms with Crippen molar-refractivity contribution in [2.24, 2.45) is 0 Å². The number of carbonyl (C=O) groups is 2. The Labute approximate surface area is 167 Å². The van der Waals surface area contributed by atoms with Gasteiger partial charge in [-0.1, -0.05) is 12.1 Å². The first-order chi connectivity index (χ1) is 14.1. The van der Waals surface area contributed by atoms with Crippen molar-refractivity contribution in [1.82, 2.24) is 19.8 Å². The smallest absolute Gasteiger partial charge is 0.254 e. The lowest BCUT2D eigenvalue weighted by molar-refractivity contribution is -0.140. The lowest BCUT2D eigenvalue weighted by Gasteiger charge is -2.40. The van der Waals surface area contributed by atoms with Gasteiger partial charge in [0.05, 0.1) is 11.0 Å². The lowest BCUT2D eigenvalue weighted by atomic mass is 10.1. The number of fused-ring (bicyclic) bond motifs is 1. The summed E-state index contributed by atoms with van der Waals surface area (Å²) in [4.78, 5) is 36.8. The molecule has 1 fully saturated rings. The number of H-pyrrole nitrogens is 1. The molecule has 2 amide bonds. The van der Waals surface area contributed by atoms with Gasteiger partial charge in [0.15, 0.2) is 0 Å². The summed E-state index contributed by atoms with van der Waals surface area (Å²) in [6, 6.07) is 12.6. The number of halogens is 1. The molecule has 1 aromatic heterocycles. The first-order valence-corrected chi connectivity index (χ1v) is 9.34. The average molecular weight is 396 g/mol. The Balaban J connectivity index is 1.63. The van der Waals surface area contributed by atoms with Gasteiger partial charge in [0, 0.05) is 32.3 Å². The number of ether oxygens (including phenoxy) is 1. The minimum Gasteiger partial charge on any atom is -0.375 e. The first kappa shape index (κ1) is 19.1. The van der Waals surface area contributed by atoms with Crippen LogP contribution in [0.4, 0.5) is 4.39 Å². The van der Waals surface area contributed by atoms with Crippen molar-refractivity contribution >= 4 is 22.8 Å². The van der Waals surface area contributed by atoms with Crippen LogP contribution in [-0.4, -0.2) is 64.9 Å². The summed E-state index contributed by atoms with van der Waals surface area (Å²) >= 11 is 0. The van der Waals surface area contributed by atoms with Crippen LogP contribution in [0.5, 0.6) is 0 Å². The predicted octanol–water partition coefficient (Wildman–Crippen LogP) is 2.37. The molecule has 1 aliphatic rings. The van der Waals surface area contributed by atoms with Gasteiger partial charge in [-0.2, -0.15) is 0 Å². The van der Waals surface area contributed by atoms with Gasteiger partial charge in [0.2, 0.25) is 5.91 Å². The molecule has 1 atom stereocenters. The van der Waals surface area contributed by atoms with E-state index in [0.29, 0.717) is 24.5 Å². The van der Waals surface area contributed by atoms with Crippen LogP contribution in [0, 0.1) is 5.82 Å². The fraction of sp³-hybridized carbons (Fsp3) is 0.286. The van der Waals surface area contributed by atoms with Crippen molar-refractivity contribution in [2.45, 2.75) is 6.04 Å². The quantitative estimate of drug-likeness (QED) is 0.735. The maximum absolute atomic E-state index is 13.2. The standard InChI is InChI=1S/C21H21FN4O3/c1-29-13-19(27)26-11-10-25(21(28)14-6-8-15(22)9-7-14)12-18(26)20-23-16-4-2-3-5-17(16)24-20/h2-9,18H,10-13H2,1H3,(H,23,24). The molecule has 150 valence electrons. The fourth-order valence-corrected chi connectivity index (χ4v) is 3.61. The third kappa shape index (κ3) is 3.84. The van der Waals surface area contributed by atoms with E-state index in [1.54, 1.807) is 9.80 Å². The van der Waals surface area contributed by atoms with Crippen LogP contribution in [0.3, 0.4) is 0 Å². The van der Waals surface area contributed by atoms with E-state index >= 15 is 0 Å². The van der Waals surface area contributed by atoms with Gasteiger partial charge in [-0.05, 0) is 36.4 Å². The SMILES string of the molecule is COCC(=O)N1CCN(C(=O)c2ccc(F)cc2)CC1c1nc2ccccc2[nH]1. The summed E-state index contributed by atoms with van der Waals surface area (Å²) in [7, 11) is 1.47. The van der Waals surface area contributed by atoms with Gasteiger partial charge >= 0.3 is 0 Å². The first-order valence-electron chi connectivity index (χ1n) is 9.34. The summed E-state index contributed by atoms with van der Waals surface area (Å²) in [5.74, 6) is -0.138. The maximum Gasteiger partial charge on any atom is 0.254 e. The van der Waals surface area contributed by atoms with Gasteiger partial charge in [-0.15, -0.1) is 0 Å². The number of nitrogens with one attached hydrogen (secondary N) is 1. The predicted molar refractivity (Wildman–Crippen MR) is 105 cm³/mol. The Morgan fingerprint density at radius 3 is 2.66 bits per heavy atom. The van der Waals surface area contributed by atoms with Gasteiger partial charge in [-0.25, -0.2) is 9.37 Å². The number of nitrogens with zero attached hydrogens (tertiary/aromatic N) is 3. The van der Waals surface area contributed by atoms with Gasteiger partial charge < -0.3 is 19.5 Å². The van der Waals surface area contributed by atoms with Gasteiger partial charge in [0.25, 0.3) is 5.91 Å². The van der Waals surface area contributed by atoms with E-state index in [0.717, 1.165) is 11.0 Å². The van der Waals surface area contributed by atoms with E-state index in [1.807, 2.05) is 24.3 Å². The molecule has 1 N–H and O–H groups in total. The number of carbonyl (C=O) groups excluding carboxylic acids is 2. The zero-order valence-electron chi connectivity index (χ0n) is 16.0. The lowest BCUT2D eigenvalue weighted by Crippen LogP contribution is -2.53. The topological polar surface area (TPSA) is 78.5 Å². The molecule has 4 rings (SSSR count). The van der Waals surface area contributed by atoms with Crippen molar-refractivity contribution in [3.8, 4) is 0 Å². The van der Waals surface area contributed by atoms with Gasteiger partial charge in [-0.3, -0.25) is 9.59 Å². The number of methoxy groups -OCH3 is 1. The molecular formula is C21H21FN4O3. The molecule has 7 nitrogen and oxygen atoms in total. The molecule has 8 heteroatoms. The largest absolute Gasteiger partial charge is 0.375 e. The number of benzene rings is 2. The molecule has 1 aliphatic heterocycles. The number of hydrogen-bond acceptors (Lipinski definition) is 4. The Bertz CT molecular complexity index is 1000. The summed E-state index contributed by atoms with van der Waals surface area (Å²) in [5, 5.41) is 0. The molecule has 29 heavy (non-hydrogen) atoms. The van der Waals surface area contributed by atoms with Crippen molar-refractivity contribution in [3.63, 3.8) is 0 Å². The highest BCUT2D eigenvalue weighted by Gasteiger charge is 2.35. The summed E-state index contributed by atoms with van der Waals surface area (Å²) in [5.41, 5.74) is 2.07. The number of aromatic nitrogens is 2. The molecule has 1 saturated heterocycles. The normalized spacial score (nSPS) is 17.0. The highest BCUT2D eigenvalue weighted by Crippen LogP contribution is 2.26. The Hall–Kier alpha value is -3.26. The summed E-state index contributed by atoms with van der Waals surface area (Å²) < 4.78 is 18.2. The third-order valence-corrected chi connectivity index (χ3v) is 5.07. The van der Waals surface area contributed by atoms with Crippen LogP contribution < -0.4 is 0 Å². The third-order valence-electron chi connectivity index (χ3n) is 5.07. The minimum atomic E-state index is -0.428. The van der Waals surface area contributed by atoms with E-state index in [9.17, 15) is 14.0 Å². The molecule has 1 unspecified atom stereocenters. The molecule has 0 saturated carbocycles. The fourth-order valence-electron chi connectivity index (χ4n) is 3.61. The number of hydrogen-bond donors (Lipinski definition) is 1. The second kappa shape index (κ2) is 8.00. The Morgan fingerprint density at radius 2 is 1.93 bits per heavy atom. The van der Waals surface area contributed by atoms with E-state index in [4.69, 9.17) is 4.74 Å². The number of para-hydroxylation sites is 2. The Kier molecular flexibility index (Phi) is 5.26. The number of rotatable bonds is 4. The molecule has 0 radical (unpaired) electrons. The molecule has 0 aliphatic carbocycles. The number of aromatic amines is 1. The van der Waals surface area contributed by atoms with Gasteiger partial charge in [0.1, 0.15) is 24.3 Å². The molecule has 0 bridgehead atoms. The Morgan fingerprint density at radius 1 is 1.17 bits per heavy atom. The van der Waals surface area contributed by atoms with Crippen molar-refractivity contribution in [2.75, 3.05) is 33.4 Å². The number of piperazine rings is 1. The highest BCUT2D eigenvalue weighted by atomic mass is 19.1. The van der Waals surface area contributed by atoms with Crippen molar-refractivity contribution in [3.05, 3.63) is 65.7 Å². The second-order valence-corrected chi connectivity index (χ2v) is 6.93. The monoisotopic (exact) mass is 396 g/mol. The van der Waals surface area contributed by atoms with Crippen LogP contribution in [-0.2, 0) is 9.53 Å². The van der Waals surface area contributed by atoms with Crippen LogP contribution in [0.1, 0.15) is 22.2 Å². The van der Waals surface area contributed by atoms with Crippen LogP contribution in [0.2, 0.25) is 0 Å². The van der Waals surface area contributed by atoms with Crippen LogP contribution >= 0.6 is 0 Å². The number of amides is 2. The highest BCUT2D eigenvalue weighted by molar-refractivity contribution is 5.94. The second-order valence-electron chi connectivity index (χ2n) is 6.93. The number of imidazole rings is 1. The molecule has 3 aromatic rings.